The molecule has 0 saturated carbocycles. The number of aliphatic hydroxyl groups is 1. The summed E-state index contributed by atoms with van der Waals surface area (Å²) in [4.78, 5) is 83.3. The molecule has 3 fully saturated rings. The van der Waals surface area contributed by atoms with E-state index in [1.807, 2.05) is 32.8 Å². The summed E-state index contributed by atoms with van der Waals surface area (Å²) < 4.78 is 40.8. The first-order chi connectivity index (χ1) is 35.2. The Morgan fingerprint density at radius 1 is 1.05 bits per heavy atom. The van der Waals surface area contributed by atoms with Gasteiger partial charge < -0.3 is 55.2 Å². The van der Waals surface area contributed by atoms with Crippen molar-refractivity contribution < 1.29 is 52.7 Å². The number of carbonyl (C=O) groups excluding carboxylic acids is 4. The largest absolute Gasteiger partial charge is 0.459 e. The van der Waals surface area contributed by atoms with Gasteiger partial charge in [0.2, 0.25) is 0 Å². The summed E-state index contributed by atoms with van der Waals surface area (Å²) in [5.74, 6) is -4.89. The predicted octanol–water partition coefficient (Wildman–Crippen LogP) is 3.31. The second kappa shape index (κ2) is 23.8. The van der Waals surface area contributed by atoms with Gasteiger partial charge in [-0.3, -0.25) is 23.7 Å². The summed E-state index contributed by atoms with van der Waals surface area (Å²) in [6.07, 6.45) is -0.0884. The number of aryl methyl sites for hydroxylation is 1. The van der Waals surface area contributed by atoms with Gasteiger partial charge >= 0.3 is 23.7 Å². The Hall–Kier alpha value is -5.89. The molecule has 404 valence electrons. The van der Waals surface area contributed by atoms with E-state index >= 15 is 0 Å². The van der Waals surface area contributed by atoms with E-state index in [2.05, 4.69) is 25.6 Å². The van der Waals surface area contributed by atoms with Gasteiger partial charge in [-0.25, -0.2) is 19.4 Å². The Kier molecular flexibility index (Phi) is 17.9. The Morgan fingerprint density at radius 2 is 1.78 bits per heavy atom. The second-order valence-electron chi connectivity index (χ2n) is 20.1. The molecule has 2 unspecified atom stereocenters. The average Bonchev–Trinajstić information content (AvgIpc) is 4.11. The fraction of sp³-hybridized carbons (Fsp3) is 0.620. The number of nitrogens with zero attached hydrogens (tertiary/aromatic N) is 8. The molecule has 6 N–H and O–H groups in total. The highest BCUT2D eigenvalue weighted by Crippen LogP contribution is 2.43. The lowest BCUT2D eigenvalue weighted by atomic mass is 9.78. The van der Waals surface area contributed by atoms with E-state index in [1.165, 1.54) is 37.6 Å². The minimum atomic E-state index is -2.02. The number of benzene rings is 1. The van der Waals surface area contributed by atoms with Crippen LogP contribution in [-0.2, 0) is 50.3 Å². The number of unbranched alkanes of at least 4 members (excludes halogenated alkanes) is 1. The molecule has 3 saturated heterocycles. The third kappa shape index (κ3) is 12.0. The number of aromatic nitrogens is 6. The number of anilines is 2. The highest BCUT2D eigenvalue weighted by atomic mass is 32.1. The van der Waals surface area contributed by atoms with E-state index in [4.69, 9.17) is 39.9 Å². The third-order valence-corrected chi connectivity index (χ3v) is 15.4. The predicted molar refractivity (Wildman–Crippen MR) is 271 cm³/mol. The van der Waals surface area contributed by atoms with Crippen molar-refractivity contribution in [2.75, 3.05) is 52.4 Å². The summed E-state index contributed by atoms with van der Waals surface area (Å²) in [6, 6.07) is 7.77. The minimum absolute atomic E-state index is 0.0268. The van der Waals surface area contributed by atoms with E-state index in [0.29, 0.717) is 48.7 Å². The lowest BCUT2D eigenvalue weighted by Crippen LogP contribution is -2.65. The molecule has 0 aliphatic carbocycles. The Morgan fingerprint density at radius 3 is 2.45 bits per heavy atom. The number of esters is 2. The number of nitrogens with one attached hydrogen (secondary N) is 1. The van der Waals surface area contributed by atoms with Gasteiger partial charge in [0, 0.05) is 50.6 Å². The number of ether oxygens (including phenoxy) is 6. The molecular formula is C50H71N11O12S. The zero-order valence-corrected chi connectivity index (χ0v) is 44.3. The number of ketones is 1. The number of methoxy groups -OCH3 is 1. The van der Waals surface area contributed by atoms with Crippen LogP contribution in [0.15, 0.2) is 59.8 Å². The van der Waals surface area contributed by atoms with Crippen molar-refractivity contribution in [3.05, 3.63) is 71.0 Å². The lowest BCUT2D eigenvalue weighted by Gasteiger charge is -2.47. The first-order valence-corrected chi connectivity index (χ1v) is 25.9. The summed E-state index contributed by atoms with van der Waals surface area (Å²) >= 11 is 1.30. The fourth-order valence-corrected chi connectivity index (χ4v) is 11.2. The van der Waals surface area contributed by atoms with Crippen molar-refractivity contribution in [2.24, 2.45) is 17.8 Å². The van der Waals surface area contributed by atoms with Crippen LogP contribution in [0.4, 0.5) is 15.7 Å². The van der Waals surface area contributed by atoms with Gasteiger partial charge in [0.25, 0.3) is 5.72 Å². The maximum atomic E-state index is 14.9. The number of likely N-dealkylation sites (N-methyl/N-ethyl adjacent to an activating group) is 1. The van der Waals surface area contributed by atoms with Gasteiger partial charge in [-0.1, -0.05) is 55.5 Å². The average molecular weight is 1050 g/mol. The standard InChI is InChI=1S/C50H71N11O12S/c1-10-37-50(61-21-18-38(51)55-47(61)66)41(60(48(67)73-50)20-15-14-19-59-26-34(56-57-59)36-25-54-46(52)74-36)31(5)53-24-28(2)23-49(6,68-9)42(29(3)39(62)30(4)43(64)71-37)72-45-40(63)35(58(7)8)22-33(70-45)27-69-44(65)32-16-12-11-13-17-32/h11-13,16-18,21,25-26,28-31,33,35,37,40-42,45,53,63H,10,14-15,19-20,22-24,27H2,1-9H3,(H2,52,54)(H2,51,55,66)/t28-,29+,30-,31-,33+,35?,37-,40?,41-,42-,45+,49-,50-/m1/s1. The van der Waals surface area contributed by atoms with Gasteiger partial charge in [0.05, 0.1) is 34.4 Å². The van der Waals surface area contributed by atoms with Gasteiger partial charge in [-0.05, 0) is 97.6 Å². The van der Waals surface area contributed by atoms with Crippen LogP contribution in [0, 0.1) is 17.8 Å². The van der Waals surface area contributed by atoms with Crippen LogP contribution in [0.1, 0.15) is 84.0 Å². The Labute approximate surface area is 434 Å². The van der Waals surface area contributed by atoms with Crippen molar-refractivity contribution in [1.82, 2.24) is 44.6 Å². The maximum absolute atomic E-state index is 14.9. The van der Waals surface area contributed by atoms with Crippen LogP contribution in [-0.4, -0.2) is 164 Å². The smallest absolute Gasteiger partial charge is 0.412 e. The number of thiazole rings is 1. The third-order valence-electron chi connectivity index (χ3n) is 14.5. The van der Waals surface area contributed by atoms with Gasteiger partial charge in [-0.15, -0.1) is 5.10 Å². The van der Waals surface area contributed by atoms with Crippen LogP contribution in [0.5, 0.6) is 0 Å². The lowest BCUT2D eigenvalue weighted by molar-refractivity contribution is -0.300. The molecule has 7 rings (SSSR count). The van der Waals surface area contributed by atoms with Gasteiger partial charge in [0.15, 0.2) is 23.3 Å². The molecule has 4 aromatic rings. The maximum Gasteiger partial charge on any atom is 0.412 e. The van der Waals surface area contributed by atoms with Crippen LogP contribution in [0.3, 0.4) is 0 Å². The molecular weight excluding hydrogens is 979 g/mol. The molecule has 0 bridgehead atoms. The van der Waals surface area contributed by atoms with Crippen molar-refractivity contribution in [3.63, 3.8) is 0 Å². The number of Topliss-reactive ketones (excluding diaryl/α,β-unsaturated/α-hetero) is 1. The van der Waals surface area contributed by atoms with Crippen molar-refractivity contribution in [1.29, 1.82) is 0 Å². The van der Waals surface area contributed by atoms with E-state index in [-0.39, 0.29) is 37.7 Å². The topological polar surface area (TPSA) is 293 Å². The zero-order valence-electron chi connectivity index (χ0n) is 43.5. The summed E-state index contributed by atoms with van der Waals surface area (Å²) in [5, 5.41) is 24.4. The molecule has 13 atom stereocenters. The van der Waals surface area contributed by atoms with Gasteiger partial charge in [0.1, 0.15) is 36.2 Å². The van der Waals surface area contributed by atoms with Crippen molar-refractivity contribution in [3.8, 4) is 10.6 Å². The first kappa shape index (κ1) is 55.9. The van der Waals surface area contributed by atoms with Crippen LogP contribution in [0.2, 0.25) is 0 Å². The number of rotatable bonds is 15. The van der Waals surface area contributed by atoms with Crippen LogP contribution in [0.25, 0.3) is 10.6 Å². The Balaban J connectivity index is 1.19. The second-order valence-corrected chi connectivity index (χ2v) is 21.1. The highest BCUT2D eigenvalue weighted by Gasteiger charge is 2.63. The normalized spacial score (nSPS) is 31.3. The number of nitrogen functional groups attached to an aromatic ring is 2. The summed E-state index contributed by atoms with van der Waals surface area (Å²) in [6.45, 7) is 11.2. The molecule has 3 aliphatic rings. The van der Waals surface area contributed by atoms with Crippen LogP contribution >= 0.6 is 11.3 Å². The van der Waals surface area contributed by atoms with E-state index in [9.17, 15) is 29.1 Å². The molecule has 6 heterocycles. The SMILES string of the molecule is CC[C@H]1OC(=O)[C@H](C)C(=O)[C@H](C)[C@@H](O[C@@H]2O[C@H](COC(=O)c3ccccc3)CC(N(C)C)C2O)[C@](C)(OC)C[C@@H](C)CN[C@H](C)[C@H]2N(CCCCn3cc(-c4cnc(N)s4)nn3)C(=O)O[C@]12n1ccc(N)nc1=O. The number of hydrogen-bond acceptors (Lipinski definition) is 21. The van der Waals surface area contributed by atoms with E-state index < -0.39 is 101 Å². The number of amides is 1. The molecule has 3 aromatic heterocycles. The number of hydrogen-bond donors (Lipinski definition) is 4. The van der Waals surface area contributed by atoms with Gasteiger partial charge in [-0.2, -0.15) is 4.98 Å². The number of aliphatic hydroxyl groups excluding tert-OH is 1. The Bertz CT molecular complexity index is 2640. The minimum Gasteiger partial charge on any atom is -0.459 e. The molecule has 24 heteroatoms. The summed E-state index contributed by atoms with van der Waals surface area (Å²) in [7, 11) is 5.12. The molecule has 0 spiro atoms. The highest BCUT2D eigenvalue weighted by molar-refractivity contribution is 7.18. The first-order valence-electron chi connectivity index (χ1n) is 25.1. The molecule has 0 radical (unpaired) electrons. The van der Waals surface area contributed by atoms with Crippen molar-refractivity contribution in [2.45, 2.75) is 140 Å². The fourth-order valence-electron chi connectivity index (χ4n) is 10.6. The number of carbonyl (C=O) groups is 4. The number of fused-ring (bicyclic) bond motifs is 1. The van der Waals surface area contributed by atoms with E-state index in [0.717, 1.165) is 9.44 Å². The summed E-state index contributed by atoms with van der Waals surface area (Å²) in [5.41, 5.74) is 8.69. The molecule has 23 nitrogen and oxygen atoms in total. The number of cyclic esters (lactones) is 1. The molecule has 3 aliphatic heterocycles. The molecule has 1 amide bonds. The van der Waals surface area contributed by atoms with E-state index in [1.54, 1.807) is 73.1 Å². The van der Waals surface area contributed by atoms with Crippen molar-refractivity contribution >= 4 is 46.1 Å². The zero-order chi connectivity index (χ0) is 53.6. The molecule has 1 aromatic carbocycles. The quantitative estimate of drug-likeness (QED) is 0.0575. The molecule has 74 heavy (non-hydrogen) atoms. The number of nitrogens with two attached hydrogens (primary N) is 2. The van der Waals surface area contributed by atoms with Crippen LogP contribution < -0.4 is 22.5 Å². The monoisotopic (exact) mass is 1050 g/mol.